The number of nitrogens with zero attached hydrogens (tertiary/aromatic N) is 4. The third-order valence-corrected chi connectivity index (χ3v) is 10.7. The molecule has 2 atom stereocenters. The molecule has 6 aromatic rings. The number of pyridine rings is 2. The number of amides is 4. The fourth-order valence-electron chi connectivity index (χ4n) is 7.54. The maximum atomic E-state index is 13.5. The molecule has 0 aliphatic carbocycles. The third kappa shape index (κ3) is 8.08. The van der Waals surface area contributed by atoms with Gasteiger partial charge in [0.1, 0.15) is 35.0 Å². The number of ether oxygens (including phenoxy) is 2. The predicted octanol–water partition coefficient (Wildman–Crippen LogP) is 7.46. The van der Waals surface area contributed by atoms with E-state index < -0.39 is 12.1 Å². The molecule has 2 aliphatic rings. The van der Waals surface area contributed by atoms with Crippen LogP contribution in [0.15, 0.2) is 109 Å². The van der Waals surface area contributed by atoms with Gasteiger partial charge < -0.3 is 29.9 Å². The molecule has 0 bridgehead atoms. The molecule has 0 unspecified atom stereocenters. The van der Waals surface area contributed by atoms with Gasteiger partial charge in [-0.05, 0) is 97.5 Å². The number of carbonyl (C=O) groups is 4. The molecule has 2 aliphatic heterocycles. The summed E-state index contributed by atoms with van der Waals surface area (Å²) in [5, 5.41) is 7.75. The Hall–Kier alpha value is -7.08. The lowest BCUT2D eigenvalue weighted by molar-refractivity contribution is -0.120. The first kappa shape index (κ1) is 37.8. The van der Waals surface area contributed by atoms with Crippen molar-refractivity contribution < 1.29 is 28.7 Å². The highest BCUT2D eigenvalue weighted by molar-refractivity contribution is 6.03. The highest BCUT2D eigenvalue weighted by Gasteiger charge is 2.36. The average molecular weight is 775 g/mol. The first-order valence-corrected chi connectivity index (χ1v) is 19.3. The molecular formula is C46H42N6O6. The lowest BCUT2D eigenvalue weighted by Gasteiger charge is -2.24. The van der Waals surface area contributed by atoms with Crippen LogP contribution in [0.25, 0.3) is 34.0 Å². The van der Waals surface area contributed by atoms with E-state index in [1.807, 2.05) is 97.1 Å². The lowest BCUT2D eigenvalue weighted by atomic mass is 10.1. The molecule has 4 aromatic carbocycles. The molecule has 2 saturated heterocycles. The highest BCUT2D eigenvalue weighted by atomic mass is 16.5. The van der Waals surface area contributed by atoms with Gasteiger partial charge in [0, 0.05) is 47.4 Å². The van der Waals surface area contributed by atoms with E-state index in [9.17, 15) is 19.2 Å². The Morgan fingerprint density at radius 3 is 1.36 bits per heavy atom. The summed E-state index contributed by atoms with van der Waals surface area (Å²) in [6.07, 6.45) is 6.51. The maximum absolute atomic E-state index is 13.5. The number of rotatable bonds is 10. The van der Waals surface area contributed by atoms with Gasteiger partial charge in [0.25, 0.3) is 11.8 Å². The summed E-state index contributed by atoms with van der Waals surface area (Å²) < 4.78 is 10.6. The number of anilines is 2. The van der Waals surface area contributed by atoms with E-state index in [0.717, 1.165) is 34.7 Å². The van der Waals surface area contributed by atoms with Gasteiger partial charge in [-0.1, -0.05) is 48.6 Å². The molecule has 12 nitrogen and oxygen atoms in total. The van der Waals surface area contributed by atoms with Crippen LogP contribution in [0.3, 0.4) is 0 Å². The van der Waals surface area contributed by atoms with E-state index in [4.69, 9.17) is 9.47 Å². The standard InChI is InChI=1S/C46H42N6O6/c1-57-35-21-13-31-15-23-37(49-39(31)27-35)45(55)51-25-3-5-41(51)43(53)47-33-17-9-29(10-18-33)7-8-30-11-19-34(20-12-30)48-44(54)42-6-4-26-52(42)46(56)38-24-16-32-14-22-36(58-2)28-40(32)50-38/h7-24,27-28,41-42H,3-6,25-26H2,1-2H3,(H,47,53)(H,48,54)/b8-7+/t41-,42-/m0/s1. The molecule has 0 radical (unpaired) electrons. The number of methoxy groups -OCH3 is 2. The first-order valence-electron chi connectivity index (χ1n) is 19.3. The summed E-state index contributed by atoms with van der Waals surface area (Å²) in [4.78, 5) is 66.1. The summed E-state index contributed by atoms with van der Waals surface area (Å²) in [5.74, 6) is 0.288. The summed E-state index contributed by atoms with van der Waals surface area (Å²) in [5.41, 5.74) is 5.01. The van der Waals surface area contributed by atoms with Crippen LogP contribution in [0.2, 0.25) is 0 Å². The zero-order valence-corrected chi connectivity index (χ0v) is 32.2. The Labute approximate surface area is 335 Å². The smallest absolute Gasteiger partial charge is 0.273 e. The lowest BCUT2D eigenvalue weighted by Crippen LogP contribution is -2.43. The molecule has 2 aromatic heterocycles. The molecule has 0 spiro atoms. The van der Waals surface area contributed by atoms with Gasteiger partial charge in [-0.3, -0.25) is 19.2 Å². The molecule has 58 heavy (non-hydrogen) atoms. The number of nitrogens with one attached hydrogen (secondary N) is 2. The molecule has 292 valence electrons. The number of benzene rings is 4. The Morgan fingerprint density at radius 2 is 0.966 bits per heavy atom. The molecule has 0 saturated carbocycles. The van der Waals surface area contributed by atoms with E-state index in [1.54, 1.807) is 48.3 Å². The van der Waals surface area contributed by atoms with Gasteiger partial charge in [-0.25, -0.2) is 9.97 Å². The molecular weight excluding hydrogens is 733 g/mol. The molecule has 12 heteroatoms. The van der Waals surface area contributed by atoms with Gasteiger partial charge in [-0.2, -0.15) is 0 Å². The predicted molar refractivity (Wildman–Crippen MR) is 224 cm³/mol. The number of fused-ring (bicyclic) bond motifs is 2. The maximum Gasteiger partial charge on any atom is 0.273 e. The quantitative estimate of drug-likeness (QED) is 0.137. The summed E-state index contributed by atoms with van der Waals surface area (Å²) in [7, 11) is 3.17. The second-order valence-corrected chi connectivity index (χ2v) is 14.4. The van der Waals surface area contributed by atoms with Gasteiger partial charge in [0.05, 0.1) is 25.3 Å². The number of likely N-dealkylation sites (tertiary alicyclic amines) is 2. The van der Waals surface area contributed by atoms with Crippen LogP contribution in [0.5, 0.6) is 11.5 Å². The minimum absolute atomic E-state index is 0.237. The van der Waals surface area contributed by atoms with Gasteiger partial charge in [-0.15, -0.1) is 0 Å². The van der Waals surface area contributed by atoms with Crippen molar-refractivity contribution in [3.63, 3.8) is 0 Å². The fraction of sp³-hybridized carbons (Fsp3) is 0.217. The van der Waals surface area contributed by atoms with Crippen molar-refractivity contribution in [1.29, 1.82) is 0 Å². The van der Waals surface area contributed by atoms with Crippen LogP contribution in [0.4, 0.5) is 11.4 Å². The molecule has 4 heterocycles. The zero-order chi connectivity index (χ0) is 40.2. The van der Waals surface area contributed by atoms with Crippen LogP contribution < -0.4 is 20.1 Å². The van der Waals surface area contributed by atoms with Crippen molar-refractivity contribution in [3.05, 3.63) is 132 Å². The number of hydrogen-bond donors (Lipinski definition) is 2. The average Bonchev–Trinajstić information content (AvgIpc) is 3.97. The van der Waals surface area contributed by atoms with E-state index in [2.05, 4.69) is 20.6 Å². The molecule has 2 fully saturated rings. The monoisotopic (exact) mass is 774 g/mol. The normalized spacial score (nSPS) is 16.5. The van der Waals surface area contributed by atoms with Crippen LogP contribution in [-0.4, -0.2) is 82.8 Å². The number of carbonyl (C=O) groups excluding carboxylic acids is 4. The Kier molecular flexibility index (Phi) is 10.8. The molecule has 8 rings (SSSR count). The van der Waals surface area contributed by atoms with E-state index in [0.29, 0.717) is 59.8 Å². The van der Waals surface area contributed by atoms with E-state index >= 15 is 0 Å². The fourth-order valence-corrected chi connectivity index (χ4v) is 7.54. The van der Waals surface area contributed by atoms with E-state index in [-0.39, 0.29) is 35.0 Å². The van der Waals surface area contributed by atoms with Crippen molar-refractivity contribution >= 4 is 69.0 Å². The number of hydrogen-bond acceptors (Lipinski definition) is 8. The van der Waals surface area contributed by atoms with E-state index in [1.165, 1.54) is 0 Å². The van der Waals surface area contributed by atoms with Crippen molar-refractivity contribution in [2.75, 3.05) is 37.9 Å². The van der Waals surface area contributed by atoms with Crippen LogP contribution in [0, 0.1) is 0 Å². The summed E-state index contributed by atoms with van der Waals surface area (Å²) >= 11 is 0. The van der Waals surface area contributed by atoms with Crippen LogP contribution in [-0.2, 0) is 9.59 Å². The zero-order valence-electron chi connectivity index (χ0n) is 32.2. The van der Waals surface area contributed by atoms with Gasteiger partial charge >= 0.3 is 0 Å². The van der Waals surface area contributed by atoms with Crippen molar-refractivity contribution in [2.45, 2.75) is 37.8 Å². The topological polar surface area (TPSA) is 143 Å². The Morgan fingerprint density at radius 1 is 0.569 bits per heavy atom. The second kappa shape index (κ2) is 16.6. The largest absolute Gasteiger partial charge is 0.497 e. The highest BCUT2D eigenvalue weighted by Crippen LogP contribution is 2.27. The van der Waals surface area contributed by atoms with Gasteiger partial charge in [0.15, 0.2) is 0 Å². The molecule has 2 N–H and O–H groups in total. The Bertz CT molecular complexity index is 2380. The number of aromatic nitrogens is 2. The SMILES string of the molecule is COc1ccc2ccc(C(=O)N3CCC[C@H]3C(=O)Nc3ccc(/C=C/c4ccc(NC(=O)[C@@H]5CCCN5C(=O)c5ccc6ccc(OC)cc6n5)cc4)cc3)nc2c1. The van der Waals surface area contributed by atoms with Crippen molar-refractivity contribution in [2.24, 2.45) is 0 Å². The first-order chi connectivity index (χ1) is 28.3. The third-order valence-electron chi connectivity index (χ3n) is 10.7. The van der Waals surface area contributed by atoms with Crippen molar-refractivity contribution in [1.82, 2.24) is 19.8 Å². The second-order valence-electron chi connectivity index (χ2n) is 14.4. The minimum atomic E-state index is -0.597. The van der Waals surface area contributed by atoms with Gasteiger partial charge in [0.2, 0.25) is 11.8 Å². The Balaban J connectivity index is 0.845. The van der Waals surface area contributed by atoms with Crippen LogP contribution >= 0.6 is 0 Å². The van der Waals surface area contributed by atoms with Crippen LogP contribution in [0.1, 0.15) is 57.8 Å². The minimum Gasteiger partial charge on any atom is -0.497 e. The van der Waals surface area contributed by atoms with Crippen molar-refractivity contribution in [3.8, 4) is 11.5 Å². The molecule has 4 amide bonds. The summed E-state index contributed by atoms with van der Waals surface area (Å²) in [6, 6.07) is 31.9. The summed E-state index contributed by atoms with van der Waals surface area (Å²) in [6.45, 7) is 0.959.